The van der Waals surface area contributed by atoms with Crippen LogP contribution in [0.2, 0.25) is 0 Å². The smallest absolute Gasteiger partial charge is 0.0973 e. The fourth-order valence-electron chi connectivity index (χ4n) is 1.08. The summed E-state index contributed by atoms with van der Waals surface area (Å²) in [5.41, 5.74) is 0.209. The van der Waals surface area contributed by atoms with E-state index in [0.29, 0.717) is 0 Å². The largest absolute Gasteiger partial charge is 0.498 e. The Kier molecular flexibility index (Phi) is 2.02. The topological polar surface area (TPSA) is 9.23 Å². The van der Waals surface area contributed by atoms with Crippen LogP contribution in [-0.2, 0) is 4.74 Å². The van der Waals surface area contributed by atoms with Gasteiger partial charge in [0.15, 0.2) is 0 Å². The standard InChI is InChI=1S/C9H16O/c1-9(2,3)8-6-4-5-7-10-8/h6H,4-5,7H2,1-3H3. The van der Waals surface area contributed by atoms with E-state index in [1.807, 2.05) is 0 Å². The van der Waals surface area contributed by atoms with Gasteiger partial charge in [0.25, 0.3) is 0 Å². The summed E-state index contributed by atoms with van der Waals surface area (Å²) < 4.78 is 5.50. The van der Waals surface area contributed by atoms with Crippen molar-refractivity contribution in [1.82, 2.24) is 0 Å². The molecule has 0 fully saturated rings. The molecule has 0 aliphatic carbocycles. The van der Waals surface area contributed by atoms with E-state index in [2.05, 4.69) is 26.8 Å². The summed E-state index contributed by atoms with van der Waals surface area (Å²) in [6, 6.07) is 0. The predicted octanol–water partition coefficient (Wildman–Crippen LogP) is 2.73. The summed E-state index contributed by atoms with van der Waals surface area (Å²) >= 11 is 0. The van der Waals surface area contributed by atoms with Crippen molar-refractivity contribution in [3.63, 3.8) is 0 Å². The van der Waals surface area contributed by atoms with Gasteiger partial charge in [0, 0.05) is 5.41 Å². The van der Waals surface area contributed by atoms with Gasteiger partial charge in [-0.1, -0.05) is 20.8 Å². The van der Waals surface area contributed by atoms with Gasteiger partial charge in [-0.2, -0.15) is 0 Å². The zero-order valence-electron chi connectivity index (χ0n) is 7.11. The average Bonchev–Trinajstić information content (AvgIpc) is 1.88. The lowest BCUT2D eigenvalue weighted by Crippen LogP contribution is -2.15. The van der Waals surface area contributed by atoms with Crippen LogP contribution in [0.4, 0.5) is 0 Å². The molecule has 0 aromatic carbocycles. The molecule has 0 amide bonds. The maximum Gasteiger partial charge on any atom is 0.0973 e. The summed E-state index contributed by atoms with van der Waals surface area (Å²) in [6.45, 7) is 7.46. The van der Waals surface area contributed by atoms with Crippen molar-refractivity contribution in [1.29, 1.82) is 0 Å². The van der Waals surface area contributed by atoms with E-state index in [0.717, 1.165) is 6.61 Å². The van der Waals surface area contributed by atoms with E-state index >= 15 is 0 Å². The van der Waals surface area contributed by atoms with E-state index in [4.69, 9.17) is 4.74 Å². The van der Waals surface area contributed by atoms with Crippen LogP contribution in [0.25, 0.3) is 0 Å². The summed E-state index contributed by atoms with van der Waals surface area (Å²) in [7, 11) is 0. The molecule has 10 heavy (non-hydrogen) atoms. The van der Waals surface area contributed by atoms with Crippen molar-refractivity contribution < 1.29 is 4.74 Å². The summed E-state index contributed by atoms with van der Waals surface area (Å²) in [5.74, 6) is 1.17. The molecule has 0 N–H and O–H groups in total. The van der Waals surface area contributed by atoms with Gasteiger partial charge in [-0.25, -0.2) is 0 Å². The second kappa shape index (κ2) is 2.65. The van der Waals surface area contributed by atoms with Crippen LogP contribution in [0.3, 0.4) is 0 Å². The molecule has 1 aliphatic rings. The summed E-state index contributed by atoms with van der Waals surface area (Å²) in [4.78, 5) is 0. The van der Waals surface area contributed by atoms with Crippen molar-refractivity contribution in [3.05, 3.63) is 11.8 Å². The number of hydrogen-bond acceptors (Lipinski definition) is 1. The molecule has 1 rings (SSSR count). The minimum absolute atomic E-state index is 0.209. The van der Waals surface area contributed by atoms with Crippen molar-refractivity contribution in [2.45, 2.75) is 33.6 Å². The molecule has 1 heteroatoms. The van der Waals surface area contributed by atoms with Gasteiger partial charge in [-0.3, -0.25) is 0 Å². The Bertz CT molecular complexity index is 139. The van der Waals surface area contributed by atoms with Crippen LogP contribution < -0.4 is 0 Å². The molecular formula is C9H16O. The number of allylic oxidation sites excluding steroid dienone is 2. The highest BCUT2D eigenvalue weighted by Crippen LogP contribution is 2.28. The highest BCUT2D eigenvalue weighted by molar-refractivity contribution is 5.04. The summed E-state index contributed by atoms with van der Waals surface area (Å²) in [6.07, 6.45) is 4.58. The molecule has 1 aliphatic heterocycles. The van der Waals surface area contributed by atoms with E-state index in [-0.39, 0.29) is 5.41 Å². The highest BCUT2D eigenvalue weighted by Gasteiger charge is 2.19. The van der Waals surface area contributed by atoms with Crippen LogP contribution in [0, 0.1) is 5.41 Å². The maximum absolute atomic E-state index is 5.50. The second-order valence-corrected chi connectivity index (χ2v) is 3.81. The Balaban J connectivity index is 2.62. The van der Waals surface area contributed by atoms with Crippen LogP contribution in [0.5, 0.6) is 0 Å². The fraction of sp³-hybridized carbons (Fsp3) is 0.778. The molecule has 0 saturated carbocycles. The molecule has 0 spiro atoms. The van der Waals surface area contributed by atoms with Gasteiger partial charge >= 0.3 is 0 Å². The Labute approximate surface area is 63.1 Å². The molecule has 1 nitrogen and oxygen atoms in total. The minimum Gasteiger partial charge on any atom is -0.498 e. The zero-order valence-corrected chi connectivity index (χ0v) is 7.11. The molecular weight excluding hydrogens is 124 g/mol. The number of hydrogen-bond donors (Lipinski definition) is 0. The van der Waals surface area contributed by atoms with Gasteiger partial charge in [0.2, 0.25) is 0 Å². The number of ether oxygens (including phenoxy) is 1. The van der Waals surface area contributed by atoms with Crippen LogP contribution >= 0.6 is 0 Å². The van der Waals surface area contributed by atoms with Crippen LogP contribution in [-0.4, -0.2) is 6.61 Å². The molecule has 0 aromatic heterocycles. The lowest BCUT2D eigenvalue weighted by molar-refractivity contribution is 0.136. The SMILES string of the molecule is CC(C)(C)C1=CCCCO1. The van der Waals surface area contributed by atoms with Crippen molar-refractivity contribution >= 4 is 0 Å². The first-order valence-electron chi connectivity index (χ1n) is 3.94. The third-order valence-corrected chi connectivity index (χ3v) is 1.67. The third kappa shape index (κ3) is 1.76. The van der Waals surface area contributed by atoms with Crippen LogP contribution in [0.1, 0.15) is 33.6 Å². The van der Waals surface area contributed by atoms with E-state index in [1.54, 1.807) is 0 Å². The normalized spacial score (nSPS) is 19.7. The lowest BCUT2D eigenvalue weighted by Gasteiger charge is -2.26. The summed E-state index contributed by atoms with van der Waals surface area (Å²) in [5, 5.41) is 0. The molecule has 0 unspecified atom stereocenters. The van der Waals surface area contributed by atoms with Crippen molar-refractivity contribution in [3.8, 4) is 0 Å². The Morgan fingerprint density at radius 3 is 2.40 bits per heavy atom. The fourth-order valence-corrected chi connectivity index (χ4v) is 1.08. The third-order valence-electron chi connectivity index (χ3n) is 1.67. The molecule has 58 valence electrons. The first-order chi connectivity index (χ1) is 4.61. The van der Waals surface area contributed by atoms with Crippen molar-refractivity contribution in [2.24, 2.45) is 5.41 Å². The first kappa shape index (κ1) is 7.64. The first-order valence-corrected chi connectivity index (χ1v) is 3.94. The van der Waals surface area contributed by atoms with Gasteiger partial charge < -0.3 is 4.74 Å². The average molecular weight is 140 g/mol. The van der Waals surface area contributed by atoms with Gasteiger partial charge in [-0.15, -0.1) is 0 Å². The second-order valence-electron chi connectivity index (χ2n) is 3.81. The monoisotopic (exact) mass is 140 g/mol. The maximum atomic E-state index is 5.50. The van der Waals surface area contributed by atoms with Crippen molar-refractivity contribution in [2.75, 3.05) is 6.61 Å². The van der Waals surface area contributed by atoms with E-state index in [9.17, 15) is 0 Å². The quantitative estimate of drug-likeness (QED) is 0.502. The molecule has 0 atom stereocenters. The van der Waals surface area contributed by atoms with Gasteiger partial charge in [0.05, 0.1) is 12.4 Å². The molecule has 0 bridgehead atoms. The van der Waals surface area contributed by atoms with E-state index < -0.39 is 0 Å². The molecule has 0 aromatic rings. The molecule has 0 radical (unpaired) electrons. The zero-order chi connectivity index (χ0) is 7.61. The van der Waals surface area contributed by atoms with Gasteiger partial charge in [0.1, 0.15) is 0 Å². The lowest BCUT2D eigenvalue weighted by atomic mass is 9.92. The minimum atomic E-state index is 0.209. The van der Waals surface area contributed by atoms with E-state index in [1.165, 1.54) is 18.6 Å². The Hall–Kier alpha value is -0.460. The highest BCUT2D eigenvalue weighted by atomic mass is 16.5. The van der Waals surface area contributed by atoms with Gasteiger partial charge in [-0.05, 0) is 18.9 Å². The Morgan fingerprint density at radius 1 is 1.40 bits per heavy atom. The Morgan fingerprint density at radius 2 is 2.10 bits per heavy atom. The van der Waals surface area contributed by atoms with Crippen LogP contribution in [0.15, 0.2) is 11.8 Å². The number of rotatable bonds is 0. The predicted molar refractivity (Wildman–Crippen MR) is 42.7 cm³/mol. The molecule has 0 saturated heterocycles. The molecule has 1 heterocycles.